The van der Waals surface area contributed by atoms with Crippen molar-refractivity contribution in [2.24, 2.45) is 0 Å². The number of hydrogen-bond acceptors (Lipinski definition) is 4. The SMILES string of the molecule is Cc1cc2c3c(c1)-n1c4sc5ccccc5c4c4cc(C(C)(C)C)cc(c41)B3c1ccc(N(c3ccc(C(C)(C)C)cc3C)c3ccc(C(C)(C)C)cc3C)cc1N2c1cccc2c1oc1cc(C(C)(C)C)ccc12. The Morgan fingerprint density at radius 1 is 0.480 bits per heavy atom. The van der Waals surface area contributed by atoms with Crippen molar-refractivity contribution >= 4 is 122 Å². The highest BCUT2D eigenvalue weighted by Gasteiger charge is 2.44. The molecule has 8 aromatic carbocycles. The van der Waals surface area contributed by atoms with Gasteiger partial charge < -0.3 is 18.8 Å². The number of fused-ring (bicyclic) bond motifs is 12. The van der Waals surface area contributed by atoms with Crippen LogP contribution >= 0.6 is 11.3 Å². The van der Waals surface area contributed by atoms with Crippen LogP contribution in [0, 0.1) is 20.8 Å². The first-order chi connectivity index (χ1) is 35.5. The van der Waals surface area contributed by atoms with Crippen molar-refractivity contribution in [3.8, 4) is 5.69 Å². The highest BCUT2D eigenvalue weighted by Crippen LogP contribution is 2.50. The van der Waals surface area contributed by atoms with Gasteiger partial charge in [0.25, 0.3) is 6.71 Å². The topological polar surface area (TPSA) is 24.6 Å². The van der Waals surface area contributed by atoms with E-state index in [0.29, 0.717) is 0 Å². The Kier molecular flexibility index (Phi) is 10.2. The van der Waals surface area contributed by atoms with Gasteiger partial charge in [-0.3, -0.25) is 0 Å². The van der Waals surface area contributed by atoms with Crippen LogP contribution in [0.4, 0.5) is 34.1 Å². The molecule has 2 aliphatic heterocycles. The maximum atomic E-state index is 7.23. The van der Waals surface area contributed by atoms with Crippen molar-refractivity contribution in [2.45, 2.75) is 126 Å². The zero-order chi connectivity index (χ0) is 52.6. The van der Waals surface area contributed by atoms with Crippen LogP contribution in [0.1, 0.15) is 122 Å². The van der Waals surface area contributed by atoms with Gasteiger partial charge in [0, 0.05) is 65.8 Å². The minimum absolute atomic E-state index is 0.0128. The van der Waals surface area contributed by atoms with E-state index in [9.17, 15) is 0 Å². The van der Waals surface area contributed by atoms with Crippen LogP contribution in [-0.4, -0.2) is 11.3 Å². The summed E-state index contributed by atoms with van der Waals surface area (Å²) in [5.41, 5.74) is 24.1. The molecule has 6 heteroatoms. The molecule has 11 aromatic rings. The fourth-order valence-corrected chi connectivity index (χ4v) is 13.8. The number of para-hydroxylation sites is 1. The molecule has 0 amide bonds. The molecule has 0 unspecified atom stereocenters. The summed E-state index contributed by atoms with van der Waals surface area (Å²) < 4.78 is 11.2. The molecule has 0 bridgehead atoms. The van der Waals surface area contributed by atoms with Gasteiger partial charge in [0.05, 0.1) is 11.2 Å². The minimum Gasteiger partial charge on any atom is -0.454 e. The van der Waals surface area contributed by atoms with Crippen LogP contribution in [-0.2, 0) is 21.7 Å². The van der Waals surface area contributed by atoms with Crippen LogP contribution in [0.15, 0.2) is 144 Å². The third-order valence-corrected chi connectivity index (χ3v) is 17.8. The van der Waals surface area contributed by atoms with Gasteiger partial charge in [-0.2, -0.15) is 0 Å². The van der Waals surface area contributed by atoms with Gasteiger partial charge in [0.1, 0.15) is 10.4 Å². The van der Waals surface area contributed by atoms with Crippen LogP contribution in [0.2, 0.25) is 0 Å². The van der Waals surface area contributed by atoms with Crippen LogP contribution in [0.3, 0.4) is 0 Å². The quantitative estimate of drug-likeness (QED) is 0.164. The number of thiophene rings is 1. The first-order valence-corrected chi connectivity index (χ1v) is 27.8. The fraction of sp³-hybridized carbons (Fsp3) is 0.275. The lowest BCUT2D eigenvalue weighted by atomic mass is 9.33. The summed E-state index contributed by atoms with van der Waals surface area (Å²) >= 11 is 1.92. The summed E-state index contributed by atoms with van der Waals surface area (Å²) in [5.74, 6) is 0. The summed E-state index contributed by atoms with van der Waals surface area (Å²) in [7, 11) is 0. The van der Waals surface area contributed by atoms with Crippen LogP contribution in [0.25, 0.3) is 58.8 Å². The van der Waals surface area contributed by atoms with Crippen molar-refractivity contribution in [1.29, 1.82) is 0 Å². The van der Waals surface area contributed by atoms with Gasteiger partial charge in [-0.1, -0.05) is 162 Å². The van der Waals surface area contributed by atoms with Crippen molar-refractivity contribution in [3.05, 3.63) is 178 Å². The van der Waals surface area contributed by atoms with E-state index < -0.39 is 0 Å². The number of furan rings is 1. The number of benzene rings is 8. The Bertz CT molecular complexity index is 4170. The van der Waals surface area contributed by atoms with Gasteiger partial charge in [0.15, 0.2) is 5.58 Å². The Morgan fingerprint density at radius 3 is 1.75 bits per heavy atom. The smallest absolute Gasteiger partial charge is 0.252 e. The third kappa shape index (κ3) is 7.22. The van der Waals surface area contributed by atoms with E-state index in [-0.39, 0.29) is 28.4 Å². The summed E-state index contributed by atoms with van der Waals surface area (Å²) in [4.78, 5) is 6.41. The van der Waals surface area contributed by atoms with Crippen molar-refractivity contribution in [1.82, 2.24) is 4.57 Å². The lowest BCUT2D eigenvalue weighted by Crippen LogP contribution is -2.60. The minimum atomic E-state index is -0.0835. The zero-order valence-electron chi connectivity index (χ0n) is 46.5. The van der Waals surface area contributed by atoms with E-state index in [1.807, 2.05) is 11.3 Å². The molecule has 0 N–H and O–H groups in total. The Balaban J connectivity index is 1.15. The summed E-state index contributed by atoms with van der Waals surface area (Å²) in [6.45, 7) is 34.6. The van der Waals surface area contributed by atoms with Gasteiger partial charge in [-0.05, 0) is 158 Å². The predicted octanol–water partition coefficient (Wildman–Crippen LogP) is 18.1. The molecule has 374 valence electrons. The molecular weight excluding hydrogens is 930 g/mol. The molecule has 2 aliphatic rings. The van der Waals surface area contributed by atoms with E-state index in [0.717, 1.165) is 39.0 Å². The Labute approximate surface area is 447 Å². The van der Waals surface area contributed by atoms with Crippen molar-refractivity contribution < 1.29 is 4.42 Å². The zero-order valence-corrected chi connectivity index (χ0v) is 47.3. The first kappa shape index (κ1) is 47.7. The number of aryl methyl sites for hydroxylation is 3. The molecule has 0 aliphatic carbocycles. The fourth-order valence-electron chi connectivity index (χ4n) is 12.5. The first-order valence-electron chi connectivity index (χ1n) is 27.0. The Hall–Kier alpha value is -7.02. The maximum Gasteiger partial charge on any atom is 0.252 e. The molecule has 0 fully saturated rings. The van der Waals surface area contributed by atoms with E-state index >= 15 is 0 Å². The van der Waals surface area contributed by atoms with Crippen LogP contribution in [0.5, 0.6) is 0 Å². The number of nitrogens with zero attached hydrogens (tertiary/aromatic N) is 3. The standard InChI is InChI=1S/C69H68BN3OS/c1-39-31-57-62-58(32-39)73-63-50(61-49-19-16-17-22-60(49)75-65(61)73)35-45(69(13,14)15)36-52(63)70(62)51-28-26-46(38-56(51)72(57)55-21-18-20-48-47-27-23-44(68(10,11)12)37-59(47)74-64(48)55)71(53-29-24-42(33-40(53)2)66(4,5)6)54-30-25-43(34-41(54)3)67(7,8)9/h16-38H,1-15H3. The third-order valence-electron chi connectivity index (χ3n) is 16.7. The Morgan fingerprint density at radius 2 is 1.09 bits per heavy atom. The number of anilines is 6. The van der Waals surface area contributed by atoms with Gasteiger partial charge in [0.2, 0.25) is 0 Å². The molecule has 0 saturated heterocycles. The molecule has 75 heavy (non-hydrogen) atoms. The van der Waals surface area contributed by atoms with E-state index in [1.54, 1.807) is 0 Å². The van der Waals surface area contributed by atoms with E-state index in [4.69, 9.17) is 4.42 Å². The predicted molar refractivity (Wildman–Crippen MR) is 326 cm³/mol. The van der Waals surface area contributed by atoms with Gasteiger partial charge in [-0.15, -0.1) is 11.3 Å². The largest absolute Gasteiger partial charge is 0.454 e. The lowest BCUT2D eigenvalue weighted by molar-refractivity contribution is 0.587. The highest BCUT2D eigenvalue weighted by atomic mass is 32.1. The average molecular weight is 998 g/mol. The number of hydrogen-bond donors (Lipinski definition) is 0. The van der Waals surface area contributed by atoms with Crippen molar-refractivity contribution in [2.75, 3.05) is 9.80 Å². The van der Waals surface area contributed by atoms with Crippen molar-refractivity contribution in [3.63, 3.8) is 0 Å². The molecular formula is C69H68BN3OS. The molecule has 13 rings (SSSR count). The molecule has 5 heterocycles. The highest BCUT2D eigenvalue weighted by molar-refractivity contribution is 7.26. The van der Waals surface area contributed by atoms with E-state index in [2.05, 4.69) is 258 Å². The second-order valence-corrected chi connectivity index (χ2v) is 27.1. The normalized spacial score (nSPS) is 13.7. The molecule has 3 aromatic heterocycles. The average Bonchev–Trinajstić information content (AvgIpc) is 4.02. The number of rotatable bonds is 4. The number of aromatic nitrogens is 1. The second kappa shape index (κ2) is 16.0. The molecule has 0 spiro atoms. The lowest BCUT2D eigenvalue weighted by Gasteiger charge is -2.41. The van der Waals surface area contributed by atoms with Gasteiger partial charge >= 0.3 is 0 Å². The monoisotopic (exact) mass is 998 g/mol. The molecule has 4 nitrogen and oxygen atoms in total. The molecule has 0 radical (unpaired) electrons. The maximum absolute atomic E-state index is 7.23. The summed E-state index contributed by atoms with van der Waals surface area (Å²) in [6, 6.07) is 54.2. The second-order valence-electron chi connectivity index (χ2n) is 26.1. The van der Waals surface area contributed by atoms with Crippen LogP contribution < -0.4 is 26.2 Å². The van der Waals surface area contributed by atoms with E-state index in [1.165, 1.54) is 109 Å². The molecule has 0 saturated carbocycles. The summed E-state index contributed by atoms with van der Waals surface area (Å²) in [6.07, 6.45) is 0. The van der Waals surface area contributed by atoms with Gasteiger partial charge in [-0.25, -0.2) is 0 Å². The summed E-state index contributed by atoms with van der Waals surface area (Å²) in [5, 5.41) is 6.28. The molecule has 0 atom stereocenters.